The highest BCUT2D eigenvalue weighted by atomic mass is 32.2. The van der Waals surface area contributed by atoms with Gasteiger partial charge in [0, 0.05) is 47.9 Å². The van der Waals surface area contributed by atoms with E-state index in [1.165, 1.54) is 6.92 Å². The minimum Gasteiger partial charge on any atom is -0.394 e. The van der Waals surface area contributed by atoms with Crippen molar-refractivity contribution in [2.24, 2.45) is 17.8 Å². The number of H-pyrrole nitrogens is 1. The normalized spacial score (nSPS) is 25.0. The Morgan fingerprint density at radius 1 is 0.767 bits per heavy atom. The van der Waals surface area contributed by atoms with E-state index in [-0.39, 0.29) is 38.0 Å². The molecular formula is C63H77N9O12S2. The summed E-state index contributed by atoms with van der Waals surface area (Å²) in [6.45, 7) is 3.01. The largest absolute Gasteiger partial charge is 0.394 e. The molecule has 2 bridgehead atoms. The minimum absolute atomic E-state index is 0.222. The number of aldehydes is 1. The Bertz CT molecular complexity index is 3110. The summed E-state index contributed by atoms with van der Waals surface area (Å²) in [6.07, 6.45) is -3.31. The van der Waals surface area contributed by atoms with Crippen molar-refractivity contribution in [2.45, 2.75) is 123 Å². The lowest BCUT2D eigenvalue weighted by molar-refractivity contribution is -0.137. The number of fused-ring (bicyclic) bond motifs is 5. The molecule has 5 aromatic rings. The maximum Gasteiger partial charge on any atom is 0.244 e. The van der Waals surface area contributed by atoms with Gasteiger partial charge in [-0.05, 0) is 65.7 Å². The van der Waals surface area contributed by atoms with E-state index in [4.69, 9.17) is 0 Å². The van der Waals surface area contributed by atoms with Gasteiger partial charge in [-0.3, -0.25) is 43.7 Å². The number of hydrogen-bond acceptors (Lipinski definition) is 15. The van der Waals surface area contributed by atoms with Crippen molar-refractivity contribution >= 4 is 87.8 Å². The molecule has 7 amide bonds. The van der Waals surface area contributed by atoms with Gasteiger partial charge < -0.3 is 62.3 Å². The van der Waals surface area contributed by atoms with Gasteiger partial charge in [-0.2, -0.15) is 0 Å². The first-order valence-electron chi connectivity index (χ1n) is 29.2. The zero-order valence-corrected chi connectivity index (χ0v) is 50.0. The maximum absolute atomic E-state index is 15.4. The second-order valence-electron chi connectivity index (χ2n) is 22.4. The summed E-state index contributed by atoms with van der Waals surface area (Å²) in [5.41, 5.74) is 2.22. The average Bonchev–Trinajstić information content (AvgIpc) is 1.35. The van der Waals surface area contributed by atoms with Gasteiger partial charge >= 0.3 is 0 Å². The third-order valence-corrected chi connectivity index (χ3v) is 19.4. The molecule has 0 saturated heterocycles. The quantitative estimate of drug-likeness (QED) is 0.0361. The molecule has 8 rings (SSSR count). The van der Waals surface area contributed by atoms with Gasteiger partial charge in [0.05, 0.1) is 59.3 Å². The Labute approximate surface area is 507 Å². The van der Waals surface area contributed by atoms with Crippen LogP contribution in [0, 0.1) is 17.8 Å². The van der Waals surface area contributed by atoms with Gasteiger partial charge in [-0.15, -0.1) is 23.5 Å². The Morgan fingerprint density at radius 3 is 1.99 bits per heavy atom. The number of ketones is 1. The fourth-order valence-electron chi connectivity index (χ4n) is 11.6. The highest BCUT2D eigenvalue weighted by Gasteiger charge is 2.54. The molecule has 1 fully saturated rings. The van der Waals surface area contributed by atoms with Gasteiger partial charge in [-0.1, -0.05) is 136 Å². The number of thioether (sulfide) groups is 2. The predicted molar refractivity (Wildman–Crippen MR) is 326 cm³/mol. The van der Waals surface area contributed by atoms with Gasteiger partial charge in [-0.25, -0.2) is 0 Å². The second kappa shape index (κ2) is 29.8. The molecule has 21 nitrogen and oxygen atoms in total. The number of aliphatic hydroxyl groups is 3. The lowest BCUT2D eigenvalue weighted by Crippen LogP contribution is -2.65. The number of aromatic nitrogens is 1. The Morgan fingerprint density at radius 2 is 1.37 bits per heavy atom. The van der Waals surface area contributed by atoms with Gasteiger partial charge in [0.15, 0.2) is 5.78 Å². The molecule has 3 aliphatic rings. The van der Waals surface area contributed by atoms with E-state index in [1.807, 2.05) is 54.6 Å². The highest BCUT2D eigenvalue weighted by Crippen LogP contribution is 2.48. The van der Waals surface area contributed by atoms with E-state index in [2.05, 4.69) is 83.9 Å². The summed E-state index contributed by atoms with van der Waals surface area (Å²) in [5, 5.41) is 55.8. The van der Waals surface area contributed by atoms with Crippen LogP contribution < -0.4 is 42.5 Å². The number of hydrogen-bond donors (Lipinski definition) is 12. The molecule has 2 unspecified atom stereocenters. The van der Waals surface area contributed by atoms with Crippen LogP contribution in [0.25, 0.3) is 10.9 Å². The molecule has 1 aliphatic carbocycles. The van der Waals surface area contributed by atoms with Gasteiger partial charge in [0.1, 0.15) is 24.4 Å². The van der Waals surface area contributed by atoms with E-state index in [9.17, 15) is 44.1 Å². The fourth-order valence-corrected chi connectivity index (χ4v) is 14.2. The predicted octanol–water partition coefficient (Wildman–Crippen LogP) is 2.28. The summed E-state index contributed by atoms with van der Waals surface area (Å²) >= 11 is 2.80. The zero-order chi connectivity index (χ0) is 61.5. The number of aromatic amines is 1. The molecule has 4 aromatic carbocycles. The van der Waals surface area contributed by atoms with Crippen LogP contribution in [0.5, 0.6) is 0 Å². The van der Waals surface area contributed by atoms with Crippen molar-refractivity contribution in [3.05, 3.63) is 138 Å². The molecule has 1 saturated carbocycles. The smallest absolute Gasteiger partial charge is 0.244 e. The number of Topliss-reactive ketones (excluding diaryl/α,β-unsaturated/α-hetero) is 1. The maximum atomic E-state index is 15.4. The third-order valence-electron chi connectivity index (χ3n) is 16.6. The van der Waals surface area contributed by atoms with Gasteiger partial charge in [0.25, 0.3) is 0 Å². The van der Waals surface area contributed by atoms with Crippen LogP contribution in [0.1, 0.15) is 81.5 Å². The number of rotatable bonds is 17. The zero-order valence-electron chi connectivity index (χ0n) is 48.3. The molecule has 3 heterocycles. The van der Waals surface area contributed by atoms with E-state index < -0.39 is 144 Å². The minimum atomic E-state index is -2.09. The summed E-state index contributed by atoms with van der Waals surface area (Å²) in [6, 6.07) is 30.2. The number of carbonyl (C=O) groups is 9. The topological polar surface area (TPSA) is 326 Å². The number of amides is 7. The number of para-hydroxylation sites is 1. The van der Waals surface area contributed by atoms with Crippen LogP contribution in [-0.4, -0.2) is 159 Å². The Kier molecular flexibility index (Phi) is 22.4. The SMILES string of the molecule is CC[C@H](C)[C@@H]1NC(=O)CNC(=O)[C@H]2Cc3c([nH]c4ccccc34)SCC(NC(=O)CNC1=O)C(=O)N[C@@H](CCC(=O)NCCCSC(c1ccccc1)(c1ccccc1)c1ccccc1)C(=O)C1C[C@H](O)C[C@@]1(C=O)N[C@@H]([C@@H](C)[C@@H](O)CO)C(=O)N2. The van der Waals surface area contributed by atoms with Crippen molar-refractivity contribution in [3.63, 3.8) is 0 Å². The van der Waals surface area contributed by atoms with Crippen molar-refractivity contribution in [1.82, 2.24) is 47.5 Å². The molecule has 86 heavy (non-hydrogen) atoms. The summed E-state index contributed by atoms with van der Waals surface area (Å²) in [4.78, 5) is 132. The van der Waals surface area contributed by atoms with Crippen LogP contribution in [0.2, 0.25) is 0 Å². The van der Waals surface area contributed by atoms with E-state index >= 15 is 14.4 Å². The first kappa shape index (κ1) is 64.6. The Balaban J connectivity index is 1.13. The Hall–Kier alpha value is -7.41. The van der Waals surface area contributed by atoms with E-state index in [1.54, 1.807) is 49.9 Å². The number of aliphatic hydroxyl groups excluding tert-OH is 3. The van der Waals surface area contributed by atoms with Crippen molar-refractivity contribution in [1.29, 1.82) is 0 Å². The molecular weight excluding hydrogens is 1140 g/mol. The van der Waals surface area contributed by atoms with Crippen LogP contribution in [-0.2, 0) is 54.3 Å². The highest BCUT2D eigenvalue weighted by molar-refractivity contribution is 8.00. The first-order valence-corrected chi connectivity index (χ1v) is 31.2. The molecule has 0 radical (unpaired) electrons. The summed E-state index contributed by atoms with van der Waals surface area (Å²) < 4.78 is -0.599. The molecule has 1 aromatic heterocycles. The van der Waals surface area contributed by atoms with Crippen LogP contribution in [0.15, 0.2) is 120 Å². The molecule has 2 aliphatic heterocycles. The third kappa shape index (κ3) is 15.2. The van der Waals surface area contributed by atoms with Crippen molar-refractivity contribution in [2.75, 3.05) is 37.7 Å². The number of benzene rings is 4. The molecule has 23 heteroatoms. The summed E-state index contributed by atoms with van der Waals surface area (Å²) in [7, 11) is 0. The molecule has 458 valence electrons. The molecule has 0 spiro atoms. The molecule has 11 atom stereocenters. The van der Waals surface area contributed by atoms with Gasteiger partial charge in [0.2, 0.25) is 41.4 Å². The van der Waals surface area contributed by atoms with Crippen LogP contribution in [0.3, 0.4) is 0 Å². The van der Waals surface area contributed by atoms with Crippen LogP contribution in [0.4, 0.5) is 0 Å². The van der Waals surface area contributed by atoms with Crippen molar-refractivity contribution < 1.29 is 58.5 Å². The van der Waals surface area contributed by atoms with Crippen molar-refractivity contribution in [3.8, 4) is 0 Å². The lowest BCUT2D eigenvalue weighted by atomic mass is 9.79. The van der Waals surface area contributed by atoms with Crippen LogP contribution >= 0.6 is 23.5 Å². The molecule has 12 N–H and O–H groups in total. The second-order valence-corrected chi connectivity index (χ2v) is 24.7. The lowest BCUT2D eigenvalue weighted by Gasteiger charge is -2.38. The first-order chi connectivity index (χ1) is 41.4. The van der Waals surface area contributed by atoms with E-state index in [0.29, 0.717) is 46.4 Å². The fraction of sp³-hybridized carbons (Fsp3) is 0.444. The summed E-state index contributed by atoms with van der Waals surface area (Å²) in [5.74, 6) is -9.10. The number of nitrogens with one attached hydrogen (secondary N) is 9. The standard InChI is InChI=1S/C63H77N9O12S2/c1-4-37(2)54-59(83)66-32-52(78)67-49-35-85-61-44(43-23-14-15-24-46(43)70-61)30-48(57(81)65-33-53(79)71-54)69-60(84)55(38(3)50(76)34-73)72-62(36-74)31-42(75)29-45(62)56(80)47(68-58(49)82)25-26-51(77)64-27-16-28-86-63(39-17-8-5-9-18-39,40-19-10-6-11-20-40)41-21-12-7-13-22-41/h5-15,17-24,36-38,42,45,47-50,54-55,70,72-73,75-76H,4,16,25-35H2,1-3H3,(H,64,77)(H,65,81)(H,66,83)(H,67,78)(H,68,82)(H,69,84)(H,71,79)/t37-,38-,42-,45?,47-,48+,49?,50-,54-,55-,62-/m0/s1. The average molecular weight is 1220 g/mol. The monoisotopic (exact) mass is 1220 g/mol. The number of carbonyl (C=O) groups excluding carboxylic acids is 9. The van der Waals surface area contributed by atoms with E-state index in [0.717, 1.165) is 28.5 Å².